The van der Waals surface area contributed by atoms with Gasteiger partial charge in [0.05, 0.1) is 18.5 Å². The summed E-state index contributed by atoms with van der Waals surface area (Å²) < 4.78 is 35.2. The Morgan fingerprint density at radius 3 is 2.44 bits per heavy atom. The molecule has 1 aliphatic rings. The fourth-order valence-electron chi connectivity index (χ4n) is 3.83. The molecule has 168 valence electrons. The summed E-state index contributed by atoms with van der Waals surface area (Å²) >= 11 is 5.96. The molecule has 0 atom stereocenters. The number of carboxylic acids is 1. The number of carbonyl (C=O) groups is 1. The highest BCUT2D eigenvalue weighted by Gasteiger charge is 2.35. The van der Waals surface area contributed by atoms with E-state index in [0.717, 1.165) is 11.1 Å². The van der Waals surface area contributed by atoms with Crippen LogP contribution in [0.3, 0.4) is 0 Å². The number of aromatic nitrogens is 2. The highest BCUT2D eigenvalue weighted by molar-refractivity contribution is 7.89. The van der Waals surface area contributed by atoms with Gasteiger partial charge < -0.3 is 9.84 Å². The topological polar surface area (TPSA) is 102 Å². The third-order valence-corrected chi connectivity index (χ3v) is 7.81. The lowest BCUT2D eigenvalue weighted by molar-refractivity contribution is 0.0688. The molecule has 3 aromatic rings. The first-order valence-electron chi connectivity index (χ1n) is 9.89. The molecule has 0 fully saturated rings. The number of ether oxygens (including phenoxy) is 1. The highest BCUT2D eigenvalue weighted by Crippen LogP contribution is 2.34. The van der Waals surface area contributed by atoms with Crippen molar-refractivity contribution in [3.05, 3.63) is 69.5 Å². The second kappa shape index (κ2) is 8.23. The Balaban J connectivity index is 1.78. The van der Waals surface area contributed by atoms with Crippen LogP contribution in [-0.4, -0.2) is 47.2 Å². The molecule has 0 amide bonds. The number of carboxylic acid groups (broad SMARTS) is 1. The van der Waals surface area contributed by atoms with E-state index >= 15 is 0 Å². The minimum atomic E-state index is -3.93. The van der Waals surface area contributed by atoms with Crippen LogP contribution in [0.15, 0.2) is 41.3 Å². The maximum atomic E-state index is 13.5. The van der Waals surface area contributed by atoms with E-state index in [0.29, 0.717) is 28.4 Å². The van der Waals surface area contributed by atoms with Crippen LogP contribution in [0.4, 0.5) is 0 Å². The molecule has 2 heterocycles. The molecule has 1 N–H and O–H groups in total. The quantitative estimate of drug-likeness (QED) is 0.605. The van der Waals surface area contributed by atoms with Crippen molar-refractivity contribution in [2.75, 3.05) is 13.7 Å². The molecule has 0 saturated heterocycles. The normalized spacial score (nSPS) is 14.2. The van der Waals surface area contributed by atoms with Gasteiger partial charge in [-0.15, -0.1) is 0 Å². The van der Waals surface area contributed by atoms with E-state index in [2.05, 4.69) is 5.10 Å². The fourth-order valence-corrected chi connectivity index (χ4v) is 5.59. The minimum absolute atomic E-state index is 0.0634. The van der Waals surface area contributed by atoms with E-state index in [4.69, 9.17) is 16.3 Å². The first-order valence-corrected chi connectivity index (χ1v) is 11.7. The van der Waals surface area contributed by atoms with E-state index in [-0.39, 0.29) is 29.4 Å². The molecule has 0 bridgehead atoms. The summed E-state index contributed by atoms with van der Waals surface area (Å²) in [4.78, 5) is 12.0. The molecule has 10 heteroatoms. The van der Waals surface area contributed by atoms with Crippen molar-refractivity contribution in [2.45, 2.75) is 31.7 Å². The Bertz CT molecular complexity index is 1320. The van der Waals surface area contributed by atoms with Crippen molar-refractivity contribution in [3.8, 4) is 11.4 Å². The summed E-state index contributed by atoms with van der Waals surface area (Å²) in [6.07, 6.45) is 0.310. The van der Waals surface area contributed by atoms with Crippen molar-refractivity contribution < 1.29 is 23.1 Å². The first kappa shape index (κ1) is 22.3. The van der Waals surface area contributed by atoms with E-state index in [1.54, 1.807) is 41.1 Å². The average Bonchev–Trinajstić information content (AvgIpc) is 3.15. The van der Waals surface area contributed by atoms with Crippen molar-refractivity contribution >= 4 is 27.6 Å². The number of aryl methyl sites for hydroxylation is 2. The van der Waals surface area contributed by atoms with Gasteiger partial charge in [-0.3, -0.25) is 0 Å². The van der Waals surface area contributed by atoms with Crippen LogP contribution in [0.5, 0.6) is 5.75 Å². The predicted molar refractivity (Wildman–Crippen MR) is 119 cm³/mol. The van der Waals surface area contributed by atoms with Crippen molar-refractivity contribution in [1.82, 2.24) is 14.1 Å². The summed E-state index contributed by atoms with van der Waals surface area (Å²) in [6, 6.07) is 10.1. The van der Waals surface area contributed by atoms with Gasteiger partial charge >= 0.3 is 5.97 Å². The number of sulfonamides is 1. The zero-order valence-electron chi connectivity index (χ0n) is 17.8. The number of hydrogen-bond donors (Lipinski definition) is 1. The largest absolute Gasteiger partial charge is 0.495 e. The lowest BCUT2D eigenvalue weighted by Gasteiger charge is -2.28. The third kappa shape index (κ3) is 3.76. The Morgan fingerprint density at radius 1 is 1.16 bits per heavy atom. The van der Waals surface area contributed by atoms with Crippen molar-refractivity contribution in [2.24, 2.45) is 0 Å². The van der Waals surface area contributed by atoms with Crippen LogP contribution in [0, 0.1) is 13.8 Å². The van der Waals surface area contributed by atoms with Crippen LogP contribution < -0.4 is 4.74 Å². The van der Waals surface area contributed by atoms with Gasteiger partial charge in [0.15, 0.2) is 5.69 Å². The van der Waals surface area contributed by atoms with Crippen molar-refractivity contribution in [1.29, 1.82) is 0 Å². The summed E-state index contributed by atoms with van der Waals surface area (Å²) in [5, 5.41) is 14.5. The highest BCUT2D eigenvalue weighted by atomic mass is 35.5. The molecule has 1 aromatic heterocycles. The average molecular weight is 476 g/mol. The number of benzene rings is 2. The number of methoxy groups -OCH3 is 1. The first-order chi connectivity index (χ1) is 15.1. The number of rotatable bonds is 5. The summed E-state index contributed by atoms with van der Waals surface area (Å²) in [7, 11) is -2.50. The molecular formula is C22H22ClN3O5S. The third-order valence-electron chi connectivity index (χ3n) is 5.69. The van der Waals surface area contributed by atoms with Crippen LogP contribution in [0.25, 0.3) is 5.69 Å². The molecule has 0 radical (unpaired) electrons. The van der Waals surface area contributed by atoms with Crippen LogP contribution >= 0.6 is 11.6 Å². The smallest absolute Gasteiger partial charge is 0.356 e. The summed E-state index contributed by atoms with van der Waals surface area (Å²) in [5.74, 6) is -0.953. The van der Waals surface area contributed by atoms with E-state index in [1.165, 1.54) is 11.4 Å². The van der Waals surface area contributed by atoms with Gasteiger partial charge in [-0.25, -0.2) is 17.9 Å². The zero-order valence-corrected chi connectivity index (χ0v) is 19.4. The zero-order chi connectivity index (χ0) is 23.2. The number of fused-ring (bicyclic) bond motifs is 1. The lowest BCUT2D eigenvalue weighted by atomic mass is 10.1. The number of nitrogens with zero attached hydrogens (tertiary/aromatic N) is 3. The monoisotopic (exact) mass is 475 g/mol. The molecule has 0 saturated carbocycles. The van der Waals surface area contributed by atoms with Crippen LogP contribution in [0.1, 0.15) is 32.9 Å². The van der Waals surface area contributed by atoms with E-state index in [9.17, 15) is 18.3 Å². The molecule has 32 heavy (non-hydrogen) atoms. The molecular weight excluding hydrogens is 454 g/mol. The van der Waals surface area contributed by atoms with Crippen LogP contribution in [0.2, 0.25) is 5.02 Å². The molecule has 1 aliphatic heterocycles. The van der Waals surface area contributed by atoms with Gasteiger partial charge in [0, 0.05) is 30.1 Å². The fraction of sp³-hybridized carbons (Fsp3) is 0.273. The second-order valence-electron chi connectivity index (χ2n) is 7.64. The number of aromatic carboxylic acids is 1. The van der Waals surface area contributed by atoms with Crippen molar-refractivity contribution in [3.63, 3.8) is 0 Å². The maximum absolute atomic E-state index is 13.5. The Hall–Kier alpha value is -2.88. The van der Waals surface area contributed by atoms with Gasteiger partial charge in [0.2, 0.25) is 10.0 Å². The van der Waals surface area contributed by atoms with Crippen LogP contribution in [-0.2, 0) is 23.0 Å². The van der Waals surface area contributed by atoms with Gasteiger partial charge in [0.1, 0.15) is 10.6 Å². The predicted octanol–water partition coefficient (Wildman–Crippen LogP) is 3.60. The maximum Gasteiger partial charge on any atom is 0.356 e. The van der Waals surface area contributed by atoms with Gasteiger partial charge in [-0.1, -0.05) is 11.6 Å². The summed E-state index contributed by atoms with van der Waals surface area (Å²) in [6.45, 7) is 3.80. The Morgan fingerprint density at radius 2 is 1.81 bits per heavy atom. The summed E-state index contributed by atoms with van der Waals surface area (Å²) in [5.41, 5.74) is 3.28. The van der Waals surface area contributed by atoms with Gasteiger partial charge in [0.25, 0.3) is 0 Å². The SMILES string of the molecule is COc1cc(C)c(C)cc1S(=O)(=O)N1CCc2c(c(C(=O)O)nn2-c2ccc(Cl)cc2)C1. The Labute approximate surface area is 191 Å². The van der Waals surface area contributed by atoms with E-state index in [1.807, 2.05) is 13.8 Å². The Kier molecular flexibility index (Phi) is 5.74. The molecule has 8 nitrogen and oxygen atoms in total. The molecule has 0 unspecified atom stereocenters. The number of hydrogen-bond acceptors (Lipinski definition) is 5. The van der Waals surface area contributed by atoms with Gasteiger partial charge in [-0.2, -0.15) is 9.40 Å². The second-order valence-corrected chi connectivity index (χ2v) is 9.99. The minimum Gasteiger partial charge on any atom is -0.495 e. The molecule has 4 rings (SSSR count). The standard InChI is InChI=1S/C22H22ClN3O5S/c1-13-10-19(31-3)20(11-14(13)2)32(29,30)25-9-8-18-17(12-25)21(22(27)28)24-26(18)16-6-4-15(23)5-7-16/h4-7,10-11H,8-9,12H2,1-3H3,(H,27,28). The molecule has 2 aromatic carbocycles. The number of halogens is 1. The van der Waals surface area contributed by atoms with Gasteiger partial charge in [-0.05, 0) is 61.4 Å². The lowest BCUT2D eigenvalue weighted by Crippen LogP contribution is -2.37. The molecule has 0 aliphatic carbocycles. The molecule has 0 spiro atoms. The van der Waals surface area contributed by atoms with E-state index < -0.39 is 16.0 Å².